The Bertz CT molecular complexity index is 921. The molecule has 0 fully saturated rings. The van der Waals surface area contributed by atoms with Gasteiger partial charge in [0.05, 0.1) is 23.5 Å². The minimum atomic E-state index is -4.08. The third-order valence-electron chi connectivity index (χ3n) is 4.41. The number of nitrogens with one attached hydrogen (secondary N) is 1. The number of aryl methyl sites for hydroxylation is 1. The third kappa shape index (κ3) is 16.6. The Morgan fingerprint density at radius 3 is 2.06 bits per heavy atom. The van der Waals surface area contributed by atoms with Crippen molar-refractivity contribution < 1.29 is 37.2 Å². The van der Waals surface area contributed by atoms with Crippen molar-refractivity contribution in [3.05, 3.63) is 60.7 Å². The lowest BCUT2D eigenvalue weighted by atomic mass is 10.0. The average molecular weight is 498 g/mol. The summed E-state index contributed by atoms with van der Waals surface area (Å²) in [5.41, 5.74) is 0.492. The molecule has 1 rings (SSSR count). The molecular formula is C24H35NO8S. The maximum absolute atomic E-state index is 10.8. The van der Waals surface area contributed by atoms with Crippen LogP contribution >= 0.6 is 0 Å². The van der Waals surface area contributed by atoms with Crippen LogP contribution in [-0.4, -0.2) is 53.8 Å². The minimum Gasteiger partial charge on any atom is -0.478 e. The van der Waals surface area contributed by atoms with E-state index >= 15 is 0 Å². The molecule has 9 nitrogen and oxygen atoms in total. The molecule has 0 unspecified atom stereocenters. The van der Waals surface area contributed by atoms with Crippen molar-refractivity contribution in [1.82, 2.24) is 5.32 Å². The van der Waals surface area contributed by atoms with E-state index in [4.69, 9.17) is 14.4 Å². The summed E-state index contributed by atoms with van der Waals surface area (Å²) < 4.78 is 34.4. The second kappa shape index (κ2) is 15.8. The maximum atomic E-state index is 10.8. The van der Waals surface area contributed by atoms with Gasteiger partial charge in [-0.25, -0.2) is 9.59 Å². The normalized spacial score (nSPS) is 10.9. The molecule has 0 aromatic heterocycles. The van der Waals surface area contributed by atoms with Crippen LogP contribution < -0.4 is 5.32 Å². The number of benzene rings is 1. The van der Waals surface area contributed by atoms with Crippen LogP contribution in [-0.2, 0) is 30.9 Å². The van der Waals surface area contributed by atoms with E-state index in [1.807, 2.05) is 12.1 Å². The number of hydrogen-bond donors (Lipinski definition) is 3. The highest BCUT2D eigenvalue weighted by atomic mass is 32.2. The molecule has 0 aliphatic carbocycles. The molecule has 0 atom stereocenters. The largest absolute Gasteiger partial charge is 0.478 e. The first-order chi connectivity index (χ1) is 15.8. The SMILES string of the molecule is C=CC(=O)NC(C)(C)CS(=O)(=O)O.C=CC(=O)OCCCCCCCc1ccc(C(=O)O)cc1. The first kappa shape index (κ1) is 31.0. The smallest absolute Gasteiger partial charge is 0.335 e. The monoisotopic (exact) mass is 497 g/mol. The first-order valence-corrected chi connectivity index (χ1v) is 12.4. The Balaban J connectivity index is 0.000000722. The first-order valence-electron chi connectivity index (χ1n) is 10.8. The third-order valence-corrected chi connectivity index (χ3v) is 5.50. The van der Waals surface area contributed by atoms with Gasteiger partial charge < -0.3 is 15.2 Å². The van der Waals surface area contributed by atoms with Crippen molar-refractivity contribution in [2.24, 2.45) is 0 Å². The van der Waals surface area contributed by atoms with E-state index in [2.05, 4.69) is 18.5 Å². The van der Waals surface area contributed by atoms with Crippen molar-refractivity contribution in [1.29, 1.82) is 0 Å². The van der Waals surface area contributed by atoms with Crippen LogP contribution in [0.25, 0.3) is 0 Å². The van der Waals surface area contributed by atoms with Crippen LogP contribution in [0.4, 0.5) is 0 Å². The summed E-state index contributed by atoms with van der Waals surface area (Å²) in [7, 11) is -4.08. The van der Waals surface area contributed by atoms with Gasteiger partial charge in [-0.15, -0.1) is 0 Å². The van der Waals surface area contributed by atoms with Crippen LogP contribution in [0.15, 0.2) is 49.6 Å². The highest BCUT2D eigenvalue weighted by molar-refractivity contribution is 7.85. The summed E-state index contributed by atoms with van der Waals surface area (Å²) in [5, 5.41) is 11.2. The number of carboxylic acid groups (broad SMARTS) is 1. The van der Waals surface area contributed by atoms with Gasteiger partial charge in [0.25, 0.3) is 10.1 Å². The predicted octanol–water partition coefficient (Wildman–Crippen LogP) is 3.56. The fraction of sp³-hybridized carbons (Fsp3) is 0.458. The number of carbonyl (C=O) groups is 3. The molecule has 0 aliphatic rings. The Morgan fingerprint density at radius 2 is 1.56 bits per heavy atom. The number of rotatable bonds is 14. The molecule has 190 valence electrons. The van der Waals surface area contributed by atoms with Crippen LogP contribution in [0, 0.1) is 0 Å². The zero-order chi connectivity index (χ0) is 26.2. The number of carboxylic acids is 1. The summed E-state index contributed by atoms with van der Waals surface area (Å²) in [5.74, 6) is -2.26. The molecule has 0 aliphatic heterocycles. The van der Waals surface area contributed by atoms with Gasteiger partial charge in [-0.1, -0.05) is 44.6 Å². The van der Waals surface area contributed by atoms with Gasteiger partial charge in [-0.2, -0.15) is 8.42 Å². The fourth-order valence-corrected chi connectivity index (χ4v) is 3.87. The number of carbonyl (C=O) groups excluding carboxylic acids is 2. The lowest BCUT2D eigenvalue weighted by Crippen LogP contribution is -2.47. The Kier molecular flexibility index (Phi) is 14.4. The molecule has 1 aromatic carbocycles. The summed E-state index contributed by atoms with van der Waals surface area (Å²) in [4.78, 5) is 32.3. The van der Waals surface area contributed by atoms with Crippen molar-refractivity contribution in [3.8, 4) is 0 Å². The second-order valence-corrected chi connectivity index (χ2v) is 9.65. The van der Waals surface area contributed by atoms with Gasteiger partial charge in [0.2, 0.25) is 5.91 Å². The van der Waals surface area contributed by atoms with Crippen LogP contribution in [0.3, 0.4) is 0 Å². The molecule has 1 aromatic rings. The van der Waals surface area contributed by atoms with Crippen molar-refractivity contribution in [2.45, 2.75) is 57.9 Å². The second-order valence-electron chi connectivity index (χ2n) is 8.19. The fourth-order valence-electron chi connectivity index (χ4n) is 2.88. The van der Waals surface area contributed by atoms with E-state index in [1.165, 1.54) is 25.5 Å². The van der Waals surface area contributed by atoms with Gasteiger partial charge in [-0.05, 0) is 56.9 Å². The van der Waals surface area contributed by atoms with E-state index in [0.717, 1.165) is 44.6 Å². The van der Waals surface area contributed by atoms with E-state index in [1.54, 1.807) is 12.1 Å². The maximum Gasteiger partial charge on any atom is 0.335 e. The number of amides is 1. The average Bonchev–Trinajstić information content (AvgIpc) is 2.73. The number of aromatic carboxylic acids is 1. The number of unbranched alkanes of at least 4 members (excludes halogenated alkanes) is 4. The van der Waals surface area contributed by atoms with E-state index in [0.29, 0.717) is 12.2 Å². The van der Waals surface area contributed by atoms with E-state index < -0.39 is 33.3 Å². The molecule has 0 spiro atoms. The lowest BCUT2D eigenvalue weighted by molar-refractivity contribution is -0.137. The highest BCUT2D eigenvalue weighted by Crippen LogP contribution is 2.11. The molecule has 3 N–H and O–H groups in total. The van der Waals surface area contributed by atoms with Crippen molar-refractivity contribution >= 4 is 28.0 Å². The van der Waals surface area contributed by atoms with Crippen LogP contribution in [0.5, 0.6) is 0 Å². The Labute approximate surface area is 201 Å². The predicted molar refractivity (Wildman–Crippen MR) is 130 cm³/mol. The zero-order valence-electron chi connectivity index (χ0n) is 19.8. The summed E-state index contributed by atoms with van der Waals surface area (Å²) >= 11 is 0. The van der Waals surface area contributed by atoms with Gasteiger partial charge in [-0.3, -0.25) is 9.35 Å². The molecule has 0 radical (unpaired) electrons. The topological polar surface area (TPSA) is 147 Å². The molecular weight excluding hydrogens is 462 g/mol. The quantitative estimate of drug-likeness (QED) is 0.153. The summed E-state index contributed by atoms with van der Waals surface area (Å²) in [6, 6.07) is 7.04. The van der Waals surface area contributed by atoms with Gasteiger partial charge in [0.1, 0.15) is 0 Å². The standard InChI is InChI=1S/C17H22O4.C7H13NO4S/c1-2-16(18)21-13-7-5-3-4-6-8-14-9-11-15(12-10-14)17(19)20;1-4-6(9)8-7(2,3)5-13(10,11)12/h2,9-12H,1,3-8,13H2,(H,19,20);4H,1,5H2,2-3H3,(H,8,9)(H,10,11,12). The molecule has 0 saturated heterocycles. The van der Waals surface area contributed by atoms with Gasteiger partial charge in [0, 0.05) is 6.08 Å². The van der Waals surface area contributed by atoms with Crippen LogP contribution in [0.1, 0.15) is 61.9 Å². The minimum absolute atomic E-state index is 0.327. The number of ether oxygens (including phenoxy) is 1. The Morgan fingerprint density at radius 1 is 1.00 bits per heavy atom. The van der Waals surface area contributed by atoms with Gasteiger partial charge in [0.15, 0.2) is 0 Å². The summed E-state index contributed by atoms with van der Waals surface area (Å²) in [6.45, 7) is 9.99. The molecule has 10 heteroatoms. The van der Waals surface area contributed by atoms with Gasteiger partial charge >= 0.3 is 11.9 Å². The van der Waals surface area contributed by atoms with Crippen LogP contribution in [0.2, 0.25) is 0 Å². The van der Waals surface area contributed by atoms with Crippen molar-refractivity contribution in [2.75, 3.05) is 12.4 Å². The lowest BCUT2D eigenvalue weighted by Gasteiger charge is -2.23. The zero-order valence-corrected chi connectivity index (χ0v) is 20.6. The number of hydrogen-bond acceptors (Lipinski definition) is 6. The Hall–Kier alpha value is -2.98. The summed E-state index contributed by atoms with van der Waals surface area (Å²) in [6.07, 6.45) is 8.41. The van der Waals surface area contributed by atoms with E-state index in [-0.39, 0.29) is 5.97 Å². The molecule has 1 amide bonds. The van der Waals surface area contributed by atoms with Crippen molar-refractivity contribution in [3.63, 3.8) is 0 Å². The molecule has 0 saturated carbocycles. The molecule has 34 heavy (non-hydrogen) atoms. The highest BCUT2D eigenvalue weighted by Gasteiger charge is 2.25. The number of esters is 1. The molecule has 0 heterocycles. The molecule has 0 bridgehead atoms. The van der Waals surface area contributed by atoms with E-state index in [9.17, 15) is 22.8 Å².